The lowest BCUT2D eigenvalue weighted by Gasteiger charge is -2.49. The third-order valence-corrected chi connectivity index (χ3v) is 7.15. The molecule has 2 fully saturated rings. The van der Waals surface area contributed by atoms with Gasteiger partial charge in [-0.15, -0.1) is 0 Å². The highest BCUT2D eigenvalue weighted by Gasteiger charge is 2.54. The number of aliphatic hydroxyl groups excluding tert-OH is 1. The first-order valence-electron chi connectivity index (χ1n) is 8.51. The number of halogens is 1. The molecule has 3 heteroatoms. The third kappa shape index (κ3) is 2.00. The summed E-state index contributed by atoms with van der Waals surface area (Å²) in [6, 6.07) is 5.56. The minimum atomic E-state index is -0.130. The smallest absolute Gasteiger partial charge is 0.197 e. The number of hydrogen-bond donors (Lipinski definition) is 1. The van der Waals surface area contributed by atoms with Crippen LogP contribution in [0.1, 0.15) is 56.1 Å². The van der Waals surface area contributed by atoms with Gasteiger partial charge in [-0.05, 0) is 85.0 Å². The first-order valence-corrected chi connectivity index (χ1v) is 8.89. The molecule has 0 aromatic heterocycles. The average molecular weight is 319 g/mol. The van der Waals surface area contributed by atoms with E-state index in [-0.39, 0.29) is 16.9 Å². The Morgan fingerprint density at radius 1 is 1.23 bits per heavy atom. The van der Waals surface area contributed by atoms with Crippen molar-refractivity contribution in [3.05, 3.63) is 44.6 Å². The van der Waals surface area contributed by atoms with Gasteiger partial charge in [-0.3, -0.25) is 4.79 Å². The molecule has 2 nitrogen and oxygen atoms in total. The summed E-state index contributed by atoms with van der Waals surface area (Å²) in [4.78, 5) is 11.8. The minimum absolute atomic E-state index is 0.0791. The van der Waals surface area contributed by atoms with E-state index in [0.717, 1.165) is 32.1 Å². The summed E-state index contributed by atoms with van der Waals surface area (Å²) in [7, 11) is 0. The van der Waals surface area contributed by atoms with E-state index in [9.17, 15) is 9.90 Å². The maximum absolute atomic E-state index is 11.8. The minimum Gasteiger partial charge on any atom is -0.393 e. The van der Waals surface area contributed by atoms with Crippen molar-refractivity contribution >= 4 is 11.6 Å². The van der Waals surface area contributed by atoms with Gasteiger partial charge < -0.3 is 5.11 Å². The highest BCUT2D eigenvalue weighted by Crippen LogP contribution is 2.60. The molecule has 0 aliphatic heterocycles. The van der Waals surface area contributed by atoms with Gasteiger partial charge in [-0.1, -0.05) is 24.6 Å². The maximum atomic E-state index is 11.8. The molecule has 0 saturated heterocycles. The van der Waals surface area contributed by atoms with Crippen LogP contribution in [0.15, 0.2) is 23.0 Å². The van der Waals surface area contributed by atoms with Gasteiger partial charge in [0.15, 0.2) is 5.43 Å². The molecule has 3 aliphatic rings. The van der Waals surface area contributed by atoms with Crippen LogP contribution in [0.3, 0.4) is 0 Å². The van der Waals surface area contributed by atoms with E-state index < -0.39 is 0 Å². The number of hydrogen-bond acceptors (Lipinski definition) is 2. The monoisotopic (exact) mass is 318 g/mol. The first kappa shape index (κ1) is 14.7. The second kappa shape index (κ2) is 5.07. The van der Waals surface area contributed by atoms with Crippen molar-refractivity contribution in [2.45, 2.75) is 57.5 Å². The van der Waals surface area contributed by atoms with Crippen molar-refractivity contribution in [1.82, 2.24) is 0 Å². The molecule has 0 radical (unpaired) electrons. The van der Waals surface area contributed by atoms with E-state index in [2.05, 4.69) is 6.92 Å². The van der Waals surface area contributed by atoms with Gasteiger partial charge in [-0.2, -0.15) is 0 Å². The quantitative estimate of drug-likeness (QED) is 0.787. The molecular weight excluding hydrogens is 296 g/mol. The van der Waals surface area contributed by atoms with Crippen LogP contribution >= 0.6 is 11.6 Å². The van der Waals surface area contributed by atoms with Gasteiger partial charge in [0, 0.05) is 0 Å². The van der Waals surface area contributed by atoms with E-state index in [1.54, 1.807) is 6.07 Å². The summed E-state index contributed by atoms with van der Waals surface area (Å²) in [5.74, 6) is 1.82. The predicted molar refractivity (Wildman–Crippen MR) is 88.3 cm³/mol. The van der Waals surface area contributed by atoms with Gasteiger partial charge in [0.1, 0.15) is 0 Å². The second-order valence-electron chi connectivity index (χ2n) is 7.72. The summed E-state index contributed by atoms with van der Waals surface area (Å²) in [6.07, 6.45) is 6.37. The molecule has 0 heterocycles. The Morgan fingerprint density at radius 2 is 2.05 bits per heavy atom. The fourth-order valence-corrected chi connectivity index (χ4v) is 5.80. The van der Waals surface area contributed by atoms with Crippen molar-refractivity contribution in [2.75, 3.05) is 0 Å². The lowest BCUT2D eigenvalue weighted by molar-refractivity contribution is -0.0225. The molecule has 0 unspecified atom stereocenters. The number of aliphatic hydroxyl groups is 1. The zero-order chi connectivity index (χ0) is 15.5. The summed E-state index contributed by atoms with van der Waals surface area (Å²) in [5.41, 5.74) is 2.63. The lowest BCUT2D eigenvalue weighted by Crippen LogP contribution is -2.43. The SMILES string of the molecule is C[C@]12CC[C@@H]3c4ccc(=O)c(Cl)cc4CC[C@H]3[C@@H]1CC[C@@H]2O. The van der Waals surface area contributed by atoms with Crippen molar-refractivity contribution in [2.24, 2.45) is 17.3 Å². The highest BCUT2D eigenvalue weighted by atomic mass is 35.5. The maximum Gasteiger partial charge on any atom is 0.197 e. The van der Waals surface area contributed by atoms with Crippen LogP contribution in [0.2, 0.25) is 5.02 Å². The molecule has 2 saturated carbocycles. The molecule has 3 aliphatic carbocycles. The summed E-state index contributed by atoms with van der Waals surface area (Å²) >= 11 is 6.09. The van der Waals surface area contributed by atoms with Crippen LogP contribution in [-0.4, -0.2) is 11.2 Å². The van der Waals surface area contributed by atoms with Crippen LogP contribution in [-0.2, 0) is 6.42 Å². The summed E-state index contributed by atoms with van der Waals surface area (Å²) in [6.45, 7) is 2.29. The molecule has 118 valence electrons. The van der Waals surface area contributed by atoms with Crippen LogP contribution in [0.5, 0.6) is 0 Å². The second-order valence-corrected chi connectivity index (χ2v) is 8.13. The average Bonchev–Trinajstić information content (AvgIpc) is 2.72. The molecule has 0 spiro atoms. The molecule has 4 rings (SSSR count). The van der Waals surface area contributed by atoms with E-state index in [0.29, 0.717) is 22.8 Å². The van der Waals surface area contributed by atoms with Crippen molar-refractivity contribution < 1.29 is 5.11 Å². The molecular formula is C19H23ClO2. The van der Waals surface area contributed by atoms with Gasteiger partial charge in [0.05, 0.1) is 11.1 Å². The van der Waals surface area contributed by atoms with Crippen LogP contribution in [0.25, 0.3) is 0 Å². The molecule has 5 atom stereocenters. The summed E-state index contributed by atoms with van der Waals surface area (Å²) in [5, 5.41) is 10.8. The zero-order valence-electron chi connectivity index (χ0n) is 13.0. The number of aryl methyl sites for hydroxylation is 1. The Balaban J connectivity index is 1.77. The number of fused-ring (bicyclic) bond motifs is 5. The molecule has 0 amide bonds. The third-order valence-electron chi connectivity index (χ3n) is 6.85. The normalized spacial score (nSPS) is 39.8. The van der Waals surface area contributed by atoms with Crippen LogP contribution in [0, 0.1) is 17.3 Å². The zero-order valence-corrected chi connectivity index (χ0v) is 13.8. The van der Waals surface area contributed by atoms with Gasteiger partial charge in [0.25, 0.3) is 0 Å². The topological polar surface area (TPSA) is 37.3 Å². The van der Waals surface area contributed by atoms with Crippen molar-refractivity contribution in [3.63, 3.8) is 0 Å². The predicted octanol–water partition coefficient (Wildman–Crippen LogP) is 3.92. The Hall–Kier alpha value is -0.860. The molecule has 1 aromatic rings. The van der Waals surface area contributed by atoms with Gasteiger partial charge in [-0.25, -0.2) is 0 Å². The molecule has 22 heavy (non-hydrogen) atoms. The molecule has 1 N–H and O–H groups in total. The fraction of sp³-hybridized carbons (Fsp3) is 0.632. The van der Waals surface area contributed by atoms with E-state index in [1.165, 1.54) is 17.5 Å². The Bertz CT molecular complexity index is 671. The van der Waals surface area contributed by atoms with Crippen LogP contribution < -0.4 is 5.43 Å². The molecule has 1 aromatic carbocycles. The number of rotatable bonds is 0. The van der Waals surface area contributed by atoms with Gasteiger partial charge >= 0.3 is 0 Å². The lowest BCUT2D eigenvalue weighted by atomic mass is 9.55. The van der Waals surface area contributed by atoms with E-state index in [4.69, 9.17) is 11.6 Å². The van der Waals surface area contributed by atoms with E-state index >= 15 is 0 Å². The summed E-state index contributed by atoms with van der Waals surface area (Å²) < 4.78 is 0. The first-order chi connectivity index (χ1) is 10.5. The standard InChI is InChI=1S/C19H23ClO2/c1-19-9-8-13-12-4-6-17(21)16(20)10-11(12)2-3-14(13)15(19)5-7-18(19)22/h4,6,10,13-15,18,22H,2-3,5,7-9H2,1H3/t13-,14-,15+,18+,19+/m1/s1. The van der Waals surface area contributed by atoms with Gasteiger partial charge in [0.2, 0.25) is 0 Å². The van der Waals surface area contributed by atoms with Crippen molar-refractivity contribution in [1.29, 1.82) is 0 Å². The van der Waals surface area contributed by atoms with Crippen LogP contribution in [0.4, 0.5) is 0 Å². The largest absolute Gasteiger partial charge is 0.393 e. The van der Waals surface area contributed by atoms with E-state index in [1.807, 2.05) is 12.1 Å². The van der Waals surface area contributed by atoms with Crippen molar-refractivity contribution in [3.8, 4) is 0 Å². The fourth-order valence-electron chi connectivity index (χ4n) is 5.61. The Labute approximate surface area is 136 Å². The Morgan fingerprint density at radius 3 is 2.86 bits per heavy atom. The molecule has 0 bridgehead atoms. The highest BCUT2D eigenvalue weighted by molar-refractivity contribution is 6.30. The Kier molecular flexibility index (Phi) is 3.39.